The number of ether oxygens (including phenoxy) is 1. The number of unbranched alkanes of at least 4 members (excludes halogenated alkanes) is 2. The van der Waals surface area contributed by atoms with Crippen LogP contribution in [0.25, 0.3) is 0 Å². The monoisotopic (exact) mass is 586 g/mol. The van der Waals surface area contributed by atoms with Crippen LogP contribution in [-0.4, -0.2) is 62.2 Å². The molecule has 0 saturated carbocycles. The molecule has 0 aliphatic carbocycles. The van der Waals surface area contributed by atoms with Crippen molar-refractivity contribution in [1.82, 2.24) is 15.1 Å². The number of carbonyl (C=O) groups excluding carboxylic acids is 1. The number of nitrogens with zero attached hydrogens (tertiary/aromatic N) is 2. The Bertz CT molecular complexity index is 1150. The molecule has 1 saturated heterocycles. The number of benzene rings is 2. The van der Waals surface area contributed by atoms with Crippen molar-refractivity contribution in [1.29, 1.82) is 0 Å². The highest BCUT2D eigenvalue weighted by Gasteiger charge is 2.26. The molecule has 0 radical (unpaired) electrons. The van der Waals surface area contributed by atoms with Crippen molar-refractivity contribution in [3.63, 3.8) is 0 Å². The number of urea groups is 1. The van der Waals surface area contributed by atoms with Gasteiger partial charge in [-0.1, -0.05) is 58.6 Å². The van der Waals surface area contributed by atoms with Crippen LogP contribution in [0.1, 0.15) is 84.1 Å². The normalized spacial score (nSPS) is 15.3. The average molecular weight is 587 g/mol. The molecular formula is C32H50N4O4S. The van der Waals surface area contributed by atoms with Gasteiger partial charge < -0.3 is 15.0 Å². The number of carbonyl (C=O) groups is 1. The van der Waals surface area contributed by atoms with E-state index < -0.39 is 10.0 Å². The highest BCUT2D eigenvalue weighted by Crippen LogP contribution is 2.25. The fourth-order valence-electron chi connectivity index (χ4n) is 5.36. The molecule has 41 heavy (non-hydrogen) atoms. The molecule has 2 aromatic carbocycles. The summed E-state index contributed by atoms with van der Waals surface area (Å²) in [5.74, 6) is 1.37. The highest BCUT2D eigenvalue weighted by atomic mass is 32.2. The minimum absolute atomic E-state index is 0.128. The molecule has 8 nitrogen and oxygen atoms in total. The van der Waals surface area contributed by atoms with Gasteiger partial charge >= 0.3 is 6.03 Å². The van der Waals surface area contributed by atoms with Gasteiger partial charge in [-0.05, 0) is 74.1 Å². The lowest BCUT2D eigenvalue weighted by atomic mass is 10.0. The van der Waals surface area contributed by atoms with Gasteiger partial charge in [0.2, 0.25) is 10.0 Å². The zero-order valence-electron chi connectivity index (χ0n) is 25.4. The van der Waals surface area contributed by atoms with E-state index in [2.05, 4.69) is 52.7 Å². The Morgan fingerprint density at radius 2 is 1.54 bits per heavy atom. The molecular weight excluding hydrogens is 536 g/mol. The van der Waals surface area contributed by atoms with Crippen molar-refractivity contribution >= 4 is 21.7 Å². The summed E-state index contributed by atoms with van der Waals surface area (Å²) in [4.78, 5) is 18.0. The van der Waals surface area contributed by atoms with Gasteiger partial charge in [0.15, 0.2) is 0 Å². The molecule has 1 atom stereocenters. The maximum absolute atomic E-state index is 13.4. The highest BCUT2D eigenvalue weighted by molar-refractivity contribution is 7.92. The summed E-state index contributed by atoms with van der Waals surface area (Å²) in [7, 11) is -3.31. The van der Waals surface area contributed by atoms with Gasteiger partial charge in [0.25, 0.3) is 0 Å². The molecule has 1 heterocycles. The molecule has 0 aromatic heterocycles. The second-order valence-electron chi connectivity index (χ2n) is 11.3. The first-order chi connectivity index (χ1) is 19.7. The molecule has 1 aliphatic rings. The fraction of sp³-hybridized carbons (Fsp3) is 0.594. The Balaban J connectivity index is 1.46. The van der Waals surface area contributed by atoms with Crippen LogP contribution in [0.3, 0.4) is 0 Å². The van der Waals surface area contributed by atoms with E-state index in [0.717, 1.165) is 83.1 Å². The quantitative estimate of drug-likeness (QED) is 0.221. The fourth-order valence-corrected chi connectivity index (χ4v) is 5.93. The minimum Gasteiger partial charge on any atom is -0.457 e. The van der Waals surface area contributed by atoms with Crippen molar-refractivity contribution in [2.75, 3.05) is 30.6 Å². The summed E-state index contributed by atoms with van der Waals surface area (Å²) in [6, 6.07) is 15.6. The van der Waals surface area contributed by atoms with Crippen LogP contribution >= 0.6 is 0 Å². The van der Waals surface area contributed by atoms with E-state index in [1.165, 1.54) is 18.4 Å². The number of rotatable bonds is 16. The first-order valence-electron chi connectivity index (χ1n) is 15.3. The minimum atomic E-state index is -3.31. The Morgan fingerprint density at radius 3 is 2.10 bits per heavy atom. The van der Waals surface area contributed by atoms with Crippen molar-refractivity contribution in [3.8, 4) is 11.5 Å². The predicted molar refractivity (Wildman–Crippen MR) is 168 cm³/mol. The Morgan fingerprint density at radius 1 is 0.927 bits per heavy atom. The molecule has 0 bridgehead atoms. The van der Waals surface area contributed by atoms with E-state index in [9.17, 15) is 13.2 Å². The van der Waals surface area contributed by atoms with Crippen LogP contribution in [0.2, 0.25) is 0 Å². The van der Waals surface area contributed by atoms with E-state index in [-0.39, 0.29) is 12.1 Å². The zero-order valence-corrected chi connectivity index (χ0v) is 26.2. The lowest BCUT2D eigenvalue weighted by Gasteiger charge is -2.36. The number of nitrogens with one attached hydrogen (secondary N) is 2. The largest absolute Gasteiger partial charge is 0.457 e. The second-order valence-corrected chi connectivity index (χ2v) is 13.0. The molecule has 9 heteroatoms. The van der Waals surface area contributed by atoms with Gasteiger partial charge in [-0.15, -0.1) is 0 Å². The van der Waals surface area contributed by atoms with Gasteiger partial charge in [0.1, 0.15) is 11.5 Å². The number of sulfonamides is 1. The van der Waals surface area contributed by atoms with Crippen molar-refractivity contribution < 1.29 is 17.9 Å². The van der Waals surface area contributed by atoms with E-state index in [0.29, 0.717) is 17.5 Å². The molecule has 1 unspecified atom stereocenters. The predicted octanol–water partition coefficient (Wildman–Crippen LogP) is 6.99. The first kappa shape index (κ1) is 32.7. The van der Waals surface area contributed by atoms with Crippen LogP contribution in [0.5, 0.6) is 11.5 Å². The summed E-state index contributed by atoms with van der Waals surface area (Å²) in [6.45, 7) is 10.3. The summed E-state index contributed by atoms with van der Waals surface area (Å²) < 4.78 is 31.1. The number of likely N-dealkylation sites (tertiary alicyclic amines) is 1. The number of hydrogen-bond acceptors (Lipinski definition) is 5. The van der Waals surface area contributed by atoms with E-state index in [1.807, 2.05) is 12.1 Å². The van der Waals surface area contributed by atoms with E-state index >= 15 is 0 Å². The van der Waals surface area contributed by atoms with Crippen LogP contribution in [0, 0.1) is 0 Å². The standard InChI is InChI=1S/C32H50N4O4S/c1-5-8-11-29(10-7-3)36(22-9-6-2)32(37)33-27-20-23-35(24-21-27)25-26-12-16-30(17-13-26)40-31-18-14-28(15-19-31)34-41(4,38)39/h12-19,27,29,34H,5-11,20-25H2,1-4H3,(H,33,37). The third kappa shape index (κ3) is 11.6. The molecule has 2 N–H and O–H groups in total. The summed E-state index contributed by atoms with van der Waals surface area (Å²) in [5, 5.41) is 3.38. The lowest BCUT2D eigenvalue weighted by molar-refractivity contribution is 0.147. The smallest absolute Gasteiger partial charge is 0.317 e. The Labute approximate surface area is 247 Å². The molecule has 2 amide bonds. The molecule has 0 spiro atoms. The molecule has 1 fully saturated rings. The summed E-state index contributed by atoms with van der Waals surface area (Å²) in [6.07, 6.45) is 10.8. The van der Waals surface area contributed by atoms with Crippen molar-refractivity contribution in [3.05, 3.63) is 54.1 Å². The third-order valence-corrected chi connectivity index (χ3v) is 8.21. The molecule has 228 valence electrons. The van der Waals surface area contributed by atoms with E-state index in [1.54, 1.807) is 24.3 Å². The number of anilines is 1. The summed E-state index contributed by atoms with van der Waals surface area (Å²) >= 11 is 0. The average Bonchev–Trinajstić information content (AvgIpc) is 2.94. The van der Waals surface area contributed by atoms with Gasteiger partial charge in [-0.2, -0.15) is 0 Å². The zero-order chi connectivity index (χ0) is 29.7. The number of amides is 2. The van der Waals surface area contributed by atoms with Crippen LogP contribution in [-0.2, 0) is 16.6 Å². The second kappa shape index (κ2) is 16.6. The topological polar surface area (TPSA) is 91.0 Å². The SMILES string of the molecule is CCCCC(CCC)N(CCCC)C(=O)NC1CCN(Cc2ccc(Oc3ccc(NS(C)(=O)=O)cc3)cc2)CC1. The molecule has 2 aromatic rings. The van der Waals surface area contributed by atoms with Crippen molar-refractivity contribution in [2.24, 2.45) is 0 Å². The summed E-state index contributed by atoms with van der Waals surface area (Å²) in [5.41, 5.74) is 1.72. The van der Waals surface area contributed by atoms with Crippen LogP contribution in [0.4, 0.5) is 10.5 Å². The van der Waals surface area contributed by atoms with Crippen LogP contribution in [0.15, 0.2) is 48.5 Å². The molecule has 1 aliphatic heterocycles. The Hall–Kier alpha value is -2.78. The number of piperidine rings is 1. The third-order valence-electron chi connectivity index (χ3n) is 7.60. The van der Waals surface area contributed by atoms with Crippen molar-refractivity contribution in [2.45, 2.75) is 97.2 Å². The molecule has 3 rings (SSSR count). The Kier molecular flexibility index (Phi) is 13.3. The van der Waals surface area contributed by atoms with Gasteiger partial charge in [-0.25, -0.2) is 13.2 Å². The first-order valence-corrected chi connectivity index (χ1v) is 17.2. The van der Waals surface area contributed by atoms with E-state index in [4.69, 9.17) is 4.74 Å². The maximum atomic E-state index is 13.4. The number of hydrogen-bond donors (Lipinski definition) is 2. The van der Waals surface area contributed by atoms with Crippen LogP contribution < -0.4 is 14.8 Å². The van der Waals surface area contributed by atoms with Gasteiger partial charge in [-0.3, -0.25) is 9.62 Å². The maximum Gasteiger partial charge on any atom is 0.317 e. The lowest BCUT2D eigenvalue weighted by Crippen LogP contribution is -2.52. The van der Waals surface area contributed by atoms with Gasteiger partial charge in [0, 0.05) is 44.0 Å². The van der Waals surface area contributed by atoms with Gasteiger partial charge in [0.05, 0.1) is 6.26 Å².